The van der Waals surface area contributed by atoms with Crippen LogP contribution in [0.2, 0.25) is 5.02 Å². The van der Waals surface area contributed by atoms with Crippen LogP contribution in [0, 0.1) is 11.2 Å². The van der Waals surface area contributed by atoms with Crippen LogP contribution in [0.5, 0.6) is 11.5 Å². The number of ether oxygens (including phenoxy) is 1. The molecule has 1 heterocycles. The lowest BCUT2D eigenvalue weighted by atomic mass is 10.0. The van der Waals surface area contributed by atoms with Crippen LogP contribution in [-0.2, 0) is 9.59 Å². The van der Waals surface area contributed by atoms with Gasteiger partial charge in [0.2, 0.25) is 11.8 Å². The van der Waals surface area contributed by atoms with Gasteiger partial charge in [-0.1, -0.05) is 25.4 Å². The van der Waals surface area contributed by atoms with Gasteiger partial charge in [-0.25, -0.2) is 14.2 Å². The molecule has 4 N–H and O–H groups in total. The Hall–Kier alpha value is -4.22. The molecule has 0 radical (unpaired) electrons. The number of carbonyl (C=O) groups is 3. The summed E-state index contributed by atoms with van der Waals surface area (Å²) in [6.07, 6.45) is 3.12. The van der Waals surface area contributed by atoms with E-state index in [0.717, 1.165) is 26.1 Å². The number of hydrogen-bond acceptors (Lipinski definition) is 6. The lowest BCUT2D eigenvalue weighted by molar-refractivity contribution is -0.131. The van der Waals surface area contributed by atoms with Gasteiger partial charge in [0.1, 0.15) is 28.5 Å². The van der Waals surface area contributed by atoms with Crippen molar-refractivity contribution >= 4 is 46.6 Å². The minimum atomic E-state index is -1.22. The van der Waals surface area contributed by atoms with E-state index in [1.807, 2.05) is 0 Å². The van der Waals surface area contributed by atoms with E-state index in [9.17, 15) is 18.8 Å². The van der Waals surface area contributed by atoms with Crippen LogP contribution in [0.4, 0.5) is 26.4 Å². The van der Waals surface area contributed by atoms with Crippen molar-refractivity contribution in [2.45, 2.75) is 33.1 Å². The maximum absolute atomic E-state index is 13.2. The van der Waals surface area contributed by atoms with Crippen LogP contribution in [0.15, 0.2) is 60.8 Å². The summed E-state index contributed by atoms with van der Waals surface area (Å²) in [5, 5.41) is 11.1. The van der Waals surface area contributed by atoms with Gasteiger partial charge in [0, 0.05) is 30.6 Å². The van der Waals surface area contributed by atoms with E-state index < -0.39 is 23.0 Å². The summed E-state index contributed by atoms with van der Waals surface area (Å²) in [6, 6.07) is 12.9. The Bertz CT molecular complexity index is 1410. The van der Waals surface area contributed by atoms with E-state index in [2.05, 4.69) is 45.0 Å². The number of hydrogen-bond donors (Lipinski definition) is 4. The van der Waals surface area contributed by atoms with Crippen molar-refractivity contribution in [1.82, 2.24) is 15.2 Å². The zero-order valence-electron chi connectivity index (χ0n) is 23.5. The van der Waals surface area contributed by atoms with Crippen LogP contribution < -0.4 is 26.0 Å². The van der Waals surface area contributed by atoms with E-state index in [0.29, 0.717) is 48.1 Å². The topological polar surface area (TPSA) is 125 Å². The largest absolute Gasteiger partial charge is 0.457 e. The standard InChI is InChI=1S/C30H34ClFN6O4/c1-3-38(4-2)17-5-15-34-29(41)37-26-19-23(12-16-33-26)42-22-10-11-25(24(31)18-22)36-28(40)30(13-14-30)27(39)35-21-8-6-20(32)7-9-21/h6-12,16,18-19H,3-5,13-15,17H2,1-2H3,(H,35,39)(H,36,40)(H2,33,34,37,41). The molecule has 1 aromatic heterocycles. The van der Waals surface area contributed by atoms with Gasteiger partial charge in [0.15, 0.2) is 0 Å². The molecular formula is C30H34ClFN6O4. The Labute approximate surface area is 249 Å². The van der Waals surface area contributed by atoms with Crippen molar-refractivity contribution in [3.05, 3.63) is 71.6 Å². The molecule has 4 rings (SSSR count). The van der Waals surface area contributed by atoms with Crippen molar-refractivity contribution in [3.63, 3.8) is 0 Å². The van der Waals surface area contributed by atoms with E-state index in [1.165, 1.54) is 36.5 Å². The number of nitrogens with zero attached hydrogens (tertiary/aromatic N) is 2. The highest BCUT2D eigenvalue weighted by molar-refractivity contribution is 6.34. The molecule has 42 heavy (non-hydrogen) atoms. The molecule has 0 saturated heterocycles. The molecule has 1 aliphatic carbocycles. The minimum Gasteiger partial charge on any atom is -0.457 e. The molecule has 0 spiro atoms. The number of amides is 4. The van der Waals surface area contributed by atoms with Crippen molar-refractivity contribution in [1.29, 1.82) is 0 Å². The number of halogens is 2. The minimum absolute atomic E-state index is 0.215. The molecule has 1 saturated carbocycles. The number of benzene rings is 2. The lowest BCUT2D eigenvalue weighted by Gasteiger charge is -2.17. The highest BCUT2D eigenvalue weighted by atomic mass is 35.5. The fourth-order valence-corrected chi connectivity index (χ4v) is 4.47. The number of pyridine rings is 1. The second-order valence-electron chi connectivity index (χ2n) is 9.88. The van der Waals surface area contributed by atoms with Crippen LogP contribution >= 0.6 is 11.6 Å². The maximum Gasteiger partial charge on any atom is 0.320 e. The van der Waals surface area contributed by atoms with Gasteiger partial charge in [0.05, 0.1) is 10.7 Å². The fourth-order valence-electron chi connectivity index (χ4n) is 4.25. The number of nitrogens with one attached hydrogen (secondary N) is 4. The number of aromatic nitrogens is 1. The van der Waals surface area contributed by atoms with Crippen molar-refractivity contribution < 1.29 is 23.5 Å². The zero-order valence-corrected chi connectivity index (χ0v) is 24.3. The first-order chi connectivity index (χ1) is 20.2. The molecular weight excluding hydrogens is 563 g/mol. The third-order valence-electron chi connectivity index (χ3n) is 6.95. The third-order valence-corrected chi connectivity index (χ3v) is 7.26. The monoisotopic (exact) mass is 596 g/mol. The summed E-state index contributed by atoms with van der Waals surface area (Å²) in [5.74, 6) is -0.227. The number of urea groups is 1. The summed E-state index contributed by atoms with van der Waals surface area (Å²) in [7, 11) is 0. The van der Waals surface area contributed by atoms with Crippen LogP contribution in [0.25, 0.3) is 0 Å². The summed E-state index contributed by atoms with van der Waals surface area (Å²) in [5.41, 5.74) is -0.490. The number of anilines is 3. The average Bonchev–Trinajstić information content (AvgIpc) is 3.79. The molecule has 2 aromatic carbocycles. The van der Waals surface area contributed by atoms with Gasteiger partial charge in [-0.3, -0.25) is 14.9 Å². The summed E-state index contributed by atoms with van der Waals surface area (Å²) < 4.78 is 19.0. The van der Waals surface area contributed by atoms with Gasteiger partial charge in [-0.05, 0) is 81.4 Å². The molecule has 3 aromatic rings. The van der Waals surface area contributed by atoms with Crippen LogP contribution in [0.1, 0.15) is 33.1 Å². The molecule has 222 valence electrons. The quantitative estimate of drug-likeness (QED) is 0.144. The molecule has 4 amide bonds. The first-order valence-electron chi connectivity index (χ1n) is 13.8. The van der Waals surface area contributed by atoms with Gasteiger partial charge in [-0.2, -0.15) is 0 Å². The molecule has 12 heteroatoms. The Morgan fingerprint density at radius 2 is 1.64 bits per heavy atom. The predicted octanol–water partition coefficient (Wildman–Crippen LogP) is 5.88. The molecule has 10 nitrogen and oxygen atoms in total. The van der Waals surface area contributed by atoms with Gasteiger partial charge in [-0.15, -0.1) is 0 Å². The maximum atomic E-state index is 13.2. The highest BCUT2D eigenvalue weighted by Crippen LogP contribution is 2.48. The second-order valence-corrected chi connectivity index (χ2v) is 10.3. The Morgan fingerprint density at radius 3 is 2.31 bits per heavy atom. The molecule has 0 bridgehead atoms. The van der Waals surface area contributed by atoms with Crippen molar-refractivity contribution in [2.75, 3.05) is 42.1 Å². The second kappa shape index (κ2) is 14.1. The Kier molecular flexibility index (Phi) is 10.3. The normalized spacial score (nSPS) is 13.3. The summed E-state index contributed by atoms with van der Waals surface area (Å²) >= 11 is 6.42. The van der Waals surface area contributed by atoms with E-state index in [4.69, 9.17) is 16.3 Å². The van der Waals surface area contributed by atoms with Crippen molar-refractivity contribution in [3.8, 4) is 11.5 Å². The van der Waals surface area contributed by atoms with E-state index >= 15 is 0 Å². The average molecular weight is 597 g/mol. The smallest absolute Gasteiger partial charge is 0.320 e. The number of rotatable bonds is 13. The molecule has 1 aliphatic rings. The lowest BCUT2D eigenvalue weighted by Crippen LogP contribution is -2.35. The first kappa shape index (κ1) is 30.7. The van der Waals surface area contributed by atoms with Gasteiger partial charge in [0.25, 0.3) is 0 Å². The fraction of sp³-hybridized carbons (Fsp3) is 0.333. The first-order valence-corrected chi connectivity index (χ1v) is 14.2. The molecule has 0 atom stereocenters. The SMILES string of the molecule is CCN(CC)CCCNC(=O)Nc1cc(Oc2ccc(NC(=O)C3(C(=O)Nc4ccc(F)cc4)CC3)c(Cl)c2)ccn1. The molecule has 0 unspecified atom stereocenters. The Balaban J connectivity index is 1.29. The predicted molar refractivity (Wildman–Crippen MR) is 161 cm³/mol. The van der Waals surface area contributed by atoms with E-state index in [1.54, 1.807) is 24.3 Å². The van der Waals surface area contributed by atoms with Crippen LogP contribution in [-0.4, -0.2) is 53.9 Å². The number of carbonyl (C=O) groups excluding carboxylic acids is 3. The van der Waals surface area contributed by atoms with Crippen molar-refractivity contribution in [2.24, 2.45) is 5.41 Å². The van der Waals surface area contributed by atoms with Gasteiger partial charge >= 0.3 is 6.03 Å². The van der Waals surface area contributed by atoms with E-state index in [-0.39, 0.29) is 11.1 Å². The zero-order chi connectivity index (χ0) is 30.1. The third kappa shape index (κ3) is 8.17. The summed E-state index contributed by atoms with van der Waals surface area (Å²) in [4.78, 5) is 44.5. The molecule has 1 fully saturated rings. The Morgan fingerprint density at radius 1 is 0.952 bits per heavy atom. The van der Waals surface area contributed by atoms with Crippen LogP contribution in [0.3, 0.4) is 0 Å². The van der Waals surface area contributed by atoms with Gasteiger partial charge < -0.3 is 25.6 Å². The summed E-state index contributed by atoms with van der Waals surface area (Å²) in [6.45, 7) is 7.61. The highest BCUT2D eigenvalue weighted by Gasteiger charge is 2.56. The molecule has 0 aliphatic heterocycles.